The highest BCUT2D eigenvalue weighted by atomic mass is 16.3. The van der Waals surface area contributed by atoms with Gasteiger partial charge in [-0.25, -0.2) is 0 Å². The van der Waals surface area contributed by atoms with Crippen molar-refractivity contribution in [3.05, 3.63) is 212 Å². The summed E-state index contributed by atoms with van der Waals surface area (Å²) < 4.78 is 12.5. The van der Waals surface area contributed by atoms with Crippen LogP contribution in [0.1, 0.15) is 0 Å². The van der Waals surface area contributed by atoms with Gasteiger partial charge in [0.25, 0.3) is 0 Å². The number of hydrogen-bond donors (Lipinski definition) is 0. The van der Waals surface area contributed by atoms with Crippen LogP contribution in [0.2, 0.25) is 0 Å². The van der Waals surface area contributed by atoms with Gasteiger partial charge >= 0.3 is 0 Å². The Balaban J connectivity index is 0.952. The zero-order valence-corrected chi connectivity index (χ0v) is 31.0. The van der Waals surface area contributed by atoms with E-state index in [1.165, 1.54) is 22.3 Å². The van der Waals surface area contributed by atoms with Gasteiger partial charge in [-0.15, -0.1) is 0 Å². The van der Waals surface area contributed by atoms with Gasteiger partial charge in [-0.1, -0.05) is 133 Å². The maximum Gasteiger partial charge on any atom is 0.136 e. The molecular formula is C54H35NO2. The Hall–Kier alpha value is -7.62. The van der Waals surface area contributed by atoms with Crippen molar-refractivity contribution in [1.82, 2.24) is 0 Å². The minimum absolute atomic E-state index is 0.897. The second-order valence-corrected chi connectivity index (χ2v) is 14.5. The van der Waals surface area contributed by atoms with Crippen LogP contribution in [0.25, 0.3) is 88.4 Å². The minimum Gasteiger partial charge on any atom is -0.456 e. The average molecular weight is 730 g/mol. The summed E-state index contributed by atoms with van der Waals surface area (Å²) in [6.45, 7) is 0. The Morgan fingerprint density at radius 3 is 1.02 bits per heavy atom. The Bertz CT molecular complexity index is 3050. The van der Waals surface area contributed by atoms with Gasteiger partial charge in [0.2, 0.25) is 0 Å². The predicted molar refractivity (Wildman–Crippen MR) is 237 cm³/mol. The van der Waals surface area contributed by atoms with Gasteiger partial charge in [-0.2, -0.15) is 0 Å². The molecule has 0 bridgehead atoms. The first-order valence-corrected chi connectivity index (χ1v) is 19.3. The summed E-state index contributed by atoms with van der Waals surface area (Å²) >= 11 is 0. The third-order valence-electron chi connectivity index (χ3n) is 11.1. The van der Waals surface area contributed by atoms with E-state index in [2.05, 4.69) is 193 Å². The van der Waals surface area contributed by atoms with Crippen molar-refractivity contribution < 1.29 is 8.83 Å². The summed E-state index contributed by atoms with van der Waals surface area (Å²) in [7, 11) is 0. The molecule has 0 saturated carbocycles. The van der Waals surface area contributed by atoms with E-state index in [1.807, 2.05) is 24.3 Å². The molecule has 2 aromatic heterocycles. The topological polar surface area (TPSA) is 29.5 Å². The van der Waals surface area contributed by atoms with Gasteiger partial charge in [0, 0.05) is 38.6 Å². The number of para-hydroxylation sites is 2. The van der Waals surface area contributed by atoms with Crippen molar-refractivity contribution in [1.29, 1.82) is 0 Å². The van der Waals surface area contributed by atoms with E-state index in [1.54, 1.807) is 0 Å². The molecule has 9 aromatic carbocycles. The molecule has 11 rings (SSSR count). The van der Waals surface area contributed by atoms with Crippen molar-refractivity contribution in [2.75, 3.05) is 4.90 Å². The van der Waals surface area contributed by atoms with Crippen LogP contribution in [0.15, 0.2) is 221 Å². The van der Waals surface area contributed by atoms with Gasteiger partial charge in [0.1, 0.15) is 22.3 Å². The number of hydrogen-bond acceptors (Lipinski definition) is 3. The Morgan fingerprint density at radius 1 is 0.228 bits per heavy atom. The predicted octanol–water partition coefficient (Wildman–Crippen LogP) is 15.6. The van der Waals surface area contributed by atoms with E-state index in [0.29, 0.717) is 0 Å². The molecule has 0 atom stereocenters. The third-order valence-corrected chi connectivity index (χ3v) is 11.1. The number of rotatable bonds is 7. The van der Waals surface area contributed by atoms with Gasteiger partial charge in [0.05, 0.1) is 0 Å². The summed E-state index contributed by atoms with van der Waals surface area (Å²) in [5.74, 6) is 0. The molecule has 0 fully saturated rings. The van der Waals surface area contributed by atoms with Crippen LogP contribution in [0.3, 0.4) is 0 Å². The van der Waals surface area contributed by atoms with E-state index in [-0.39, 0.29) is 0 Å². The SMILES string of the molecule is c1ccc(-c2cccc(-c3ccc(N(c4ccc(-c5ccc6c(c5)oc5ccccc56)cc4)c4ccc(-c5ccc6c(c5)oc5ccccc56)cc4)cc3)c2)cc1. The number of anilines is 3. The lowest BCUT2D eigenvalue weighted by atomic mass is 9.98. The Labute approximate surface area is 330 Å². The Morgan fingerprint density at radius 2 is 0.561 bits per heavy atom. The molecule has 0 aliphatic carbocycles. The van der Waals surface area contributed by atoms with Crippen molar-refractivity contribution >= 4 is 60.9 Å². The van der Waals surface area contributed by atoms with E-state index < -0.39 is 0 Å². The van der Waals surface area contributed by atoms with Crippen LogP contribution in [0.5, 0.6) is 0 Å². The first-order valence-electron chi connectivity index (χ1n) is 19.3. The fraction of sp³-hybridized carbons (Fsp3) is 0. The van der Waals surface area contributed by atoms with Gasteiger partial charge in [0.15, 0.2) is 0 Å². The first-order chi connectivity index (χ1) is 28.2. The summed E-state index contributed by atoms with van der Waals surface area (Å²) in [4.78, 5) is 2.32. The molecule has 0 aliphatic heterocycles. The number of benzene rings is 9. The highest BCUT2D eigenvalue weighted by Gasteiger charge is 2.16. The van der Waals surface area contributed by atoms with E-state index in [9.17, 15) is 0 Å². The van der Waals surface area contributed by atoms with Gasteiger partial charge < -0.3 is 13.7 Å². The number of fused-ring (bicyclic) bond motifs is 6. The maximum absolute atomic E-state index is 6.23. The van der Waals surface area contributed by atoms with E-state index >= 15 is 0 Å². The summed E-state index contributed by atoms with van der Waals surface area (Å²) in [6, 6.07) is 75.3. The van der Waals surface area contributed by atoms with Crippen LogP contribution in [0.4, 0.5) is 17.1 Å². The van der Waals surface area contributed by atoms with Crippen molar-refractivity contribution in [3.63, 3.8) is 0 Å². The van der Waals surface area contributed by atoms with Crippen LogP contribution < -0.4 is 4.90 Å². The highest BCUT2D eigenvalue weighted by molar-refractivity contribution is 6.07. The monoisotopic (exact) mass is 729 g/mol. The lowest BCUT2D eigenvalue weighted by Crippen LogP contribution is -2.09. The summed E-state index contributed by atoms with van der Waals surface area (Å²) in [5.41, 5.74) is 16.1. The third kappa shape index (κ3) is 5.94. The molecule has 0 saturated heterocycles. The Kier molecular flexibility index (Phi) is 7.82. The molecule has 57 heavy (non-hydrogen) atoms. The second-order valence-electron chi connectivity index (χ2n) is 14.5. The fourth-order valence-electron chi connectivity index (χ4n) is 8.18. The standard InChI is InChI=1S/C54H35NO2/c1-2-9-36(10-3-1)40-11-8-12-41(33-40)37-17-25-44(26-18-37)55(45-27-19-38(20-28-45)42-23-31-49-47-13-4-6-15-51(47)56-53(49)34-42)46-29-21-39(22-30-46)43-24-32-50-48-14-5-7-16-52(48)57-54(50)35-43/h1-35H. The highest BCUT2D eigenvalue weighted by Crippen LogP contribution is 2.40. The quantitative estimate of drug-likeness (QED) is 0.164. The first kappa shape index (κ1) is 32.8. The van der Waals surface area contributed by atoms with Crippen molar-refractivity contribution in [3.8, 4) is 44.5 Å². The molecular weight excluding hydrogens is 695 g/mol. The van der Waals surface area contributed by atoms with Crippen LogP contribution >= 0.6 is 0 Å². The van der Waals surface area contributed by atoms with Crippen LogP contribution in [0, 0.1) is 0 Å². The number of nitrogens with zero attached hydrogens (tertiary/aromatic N) is 1. The molecule has 3 heteroatoms. The molecule has 0 N–H and O–H groups in total. The summed E-state index contributed by atoms with van der Waals surface area (Å²) in [6.07, 6.45) is 0. The molecule has 0 unspecified atom stereocenters. The smallest absolute Gasteiger partial charge is 0.136 e. The minimum atomic E-state index is 0.897. The molecule has 268 valence electrons. The van der Waals surface area contributed by atoms with Gasteiger partial charge in [-0.05, 0) is 123 Å². The average Bonchev–Trinajstić information content (AvgIpc) is 3.85. The molecule has 2 heterocycles. The second kappa shape index (κ2) is 13.6. The van der Waals surface area contributed by atoms with Crippen LogP contribution in [-0.2, 0) is 0 Å². The van der Waals surface area contributed by atoms with Crippen LogP contribution in [-0.4, -0.2) is 0 Å². The molecule has 3 nitrogen and oxygen atoms in total. The van der Waals surface area contributed by atoms with Gasteiger partial charge in [-0.3, -0.25) is 0 Å². The molecule has 11 aromatic rings. The number of furan rings is 2. The lowest BCUT2D eigenvalue weighted by Gasteiger charge is -2.26. The van der Waals surface area contributed by atoms with E-state index in [4.69, 9.17) is 8.83 Å². The lowest BCUT2D eigenvalue weighted by molar-refractivity contribution is 0.668. The fourth-order valence-corrected chi connectivity index (χ4v) is 8.18. The van der Waals surface area contributed by atoms with Crippen molar-refractivity contribution in [2.24, 2.45) is 0 Å². The largest absolute Gasteiger partial charge is 0.456 e. The molecule has 0 amide bonds. The molecule has 0 radical (unpaired) electrons. The summed E-state index contributed by atoms with van der Waals surface area (Å²) in [5, 5.41) is 4.55. The molecule has 0 spiro atoms. The maximum atomic E-state index is 6.23. The van der Waals surface area contributed by atoms with Crippen molar-refractivity contribution in [2.45, 2.75) is 0 Å². The molecule has 0 aliphatic rings. The zero-order chi connectivity index (χ0) is 37.7. The van der Waals surface area contributed by atoms with E-state index in [0.717, 1.165) is 83.2 Å². The normalized spacial score (nSPS) is 11.5. The zero-order valence-electron chi connectivity index (χ0n) is 31.0.